The third-order valence-corrected chi connectivity index (χ3v) is 2.68. The molecule has 0 nitrogen and oxygen atoms in total. The van der Waals surface area contributed by atoms with Gasteiger partial charge in [-0.15, -0.1) is 0 Å². The van der Waals surface area contributed by atoms with Gasteiger partial charge in [-0.2, -0.15) is 6.42 Å². The van der Waals surface area contributed by atoms with Gasteiger partial charge in [-0.25, -0.2) is 0 Å². The fourth-order valence-corrected chi connectivity index (χ4v) is 2.08. The first-order chi connectivity index (χ1) is 4.47. The van der Waals surface area contributed by atoms with Crippen LogP contribution in [0.1, 0.15) is 32.1 Å². The molecule has 0 spiro atoms. The van der Waals surface area contributed by atoms with Crippen LogP contribution in [-0.2, 0) is 32.7 Å². The van der Waals surface area contributed by atoms with Crippen LogP contribution in [0.25, 0.3) is 0 Å². The van der Waals surface area contributed by atoms with E-state index in [1.54, 1.807) is 0 Å². The molecular weight excluding hydrogens is 209 g/mol. The molecule has 1 fully saturated rings. The van der Waals surface area contributed by atoms with Crippen molar-refractivity contribution in [1.82, 2.24) is 0 Å². The monoisotopic (exact) mass is 225 g/mol. The summed E-state index contributed by atoms with van der Waals surface area (Å²) >= 11 is 0. The number of hydrogen-bond donors (Lipinski definition) is 0. The van der Waals surface area contributed by atoms with E-state index >= 15 is 0 Å². The number of hydrogen-bond acceptors (Lipinski definition) is 0. The molecule has 2 aliphatic rings. The van der Waals surface area contributed by atoms with Crippen LogP contribution < -0.4 is 0 Å². The van der Waals surface area contributed by atoms with Gasteiger partial charge in [0.2, 0.25) is 0 Å². The van der Waals surface area contributed by atoms with Gasteiger partial charge in [0, 0.05) is 32.7 Å². The minimum atomic E-state index is 0. The van der Waals surface area contributed by atoms with Crippen molar-refractivity contribution in [3.63, 3.8) is 0 Å². The van der Waals surface area contributed by atoms with Crippen LogP contribution in [0.4, 0.5) is 0 Å². The van der Waals surface area contributed by atoms with E-state index < -0.39 is 0 Å². The molecule has 0 aliphatic heterocycles. The molecule has 0 saturated heterocycles. The van der Waals surface area contributed by atoms with Crippen molar-refractivity contribution in [2.24, 2.45) is 11.8 Å². The van der Waals surface area contributed by atoms with E-state index in [1.807, 2.05) is 0 Å². The van der Waals surface area contributed by atoms with Crippen molar-refractivity contribution in [2.45, 2.75) is 32.1 Å². The maximum absolute atomic E-state index is 3.34. The summed E-state index contributed by atoms with van der Waals surface area (Å²) in [4.78, 5) is 0. The molecule has 2 atom stereocenters. The third-order valence-electron chi connectivity index (χ3n) is 2.68. The minimum absolute atomic E-state index is 0. The van der Waals surface area contributed by atoms with E-state index in [0.29, 0.717) is 0 Å². The normalized spacial score (nSPS) is 33.5. The van der Waals surface area contributed by atoms with Crippen LogP contribution in [0.3, 0.4) is 0 Å². The van der Waals surface area contributed by atoms with Crippen LogP contribution in [0.15, 0.2) is 6.08 Å². The largest absolute Gasteiger partial charge is 0.500 e. The first kappa shape index (κ1) is 11.8. The molecule has 0 amide bonds. The van der Waals surface area contributed by atoms with Crippen molar-refractivity contribution < 1.29 is 32.7 Å². The Kier molecular flexibility index (Phi) is 5.90. The van der Waals surface area contributed by atoms with Gasteiger partial charge in [-0.1, -0.05) is 31.1 Å². The van der Waals surface area contributed by atoms with Crippen molar-refractivity contribution in [3.8, 4) is 0 Å². The Balaban J connectivity index is 0.000000500. The van der Waals surface area contributed by atoms with Gasteiger partial charge in [0.15, 0.2) is 0 Å². The molecule has 2 rings (SSSR count). The van der Waals surface area contributed by atoms with E-state index in [2.05, 4.69) is 12.2 Å². The summed E-state index contributed by atoms with van der Waals surface area (Å²) < 4.78 is 0. The molecule has 0 N–H and O–H groups in total. The SMILES string of the molecule is [C-]1=CC2CCCCC2C1.[CH3-].[Y]. The zero-order valence-electron chi connectivity index (χ0n) is 7.34. The van der Waals surface area contributed by atoms with Crippen LogP contribution in [0.2, 0.25) is 0 Å². The first-order valence-corrected chi connectivity index (χ1v) is 4.03. The van der Waals surface area contributed by atoms with E-state index in [4.69, 9.17) is 0 Å². The summed E-state index contributed by atoms with van der Waals surface area (Å²) in [7, 11) is 0. The molecule has 0 aromatic rings. The summed E-state index contributed by atoms with van der Waals surface area (Å²) in [6.45, 7) is 0. The second-order valence-corrected chi connectivity index (χ2v) is 3.28. The quantitative estimate of drug-likeness (QED) is 0.556. The zero-order chi connectivity index (χ0) is 6.10. The summed E-state index contributed by atoms with van der Waals surface area (Å²) in [6.07, 6.45) is 12.7. The van der Waals surface area contributed by atoms with Crippen LogP contribution in [0, 0.1) is 25.3 Å². The molecule has 1 saturated carbocycles. The average Bonchev–Trinajstić information content (AvgIpc) is 2.33. The van der Waals surface area contributed by atoms with Crippen molar-refractivity contribution in [3.05, 3.63) is 19.6 Å². The Morgan fingerprint density at radius 3 is 2.64 bits per heavy atom. The molecule has 2 unspecified atom stereocenters. The summed E-state index contributed by atoms with van der Waals surface area (Å²) in [5.41, 5.74) is 0. The smallest absolute Gasteiger partial charge is 0 e. The molecule has 0 heterocycles. The second-order valence-electron chi connectivity index (χ2n) is 3.28. The predicted octanol–water partition coefficient (Wildman–Crippen LogP) is 3.00. The Morgan fingerprint density at radius 1 is 1.18 bits per heavy atom. The van der Waals surface area contributed by atoms with Gasteiger partial charge in [0.1, 0.15) is 0 Å². The summed E-state index contributed by atoms with van der Waals surface area (Å²) in [5, 5.41) is 0. The second kappa shape index (κ2) is 5.48. The molecule has 1 radical (unpaired) electrons. The molecule has 0 aromatic heterocycles. The number of rotatable bonds is 0. The van der Waals surface area contributed by atoms with Crippen LogP contribution >= 0.6 is 0 Å². The van der Waals surface area contributed by atoms with Crippen molar-refractivity contribution >= 4 is 0 Å². The predicted molar refractivity (Wildman–Crippen MR) is 44.3 cm³/mol. The van der Waals surface area contributed by atoms with Gasteiger partial charge < -0.3 is 13.5 Å². The summed E-state index contributed by atoms with van der Waals surface area (Å²) in [6, 6.07) is 0. The van der Waals surface area contributed by atoms with Gasteiger partial charge >= 0.3 is 0 Å². The topological polar surface area (TPSA) is 0 Å². The van der Waals surface area contributed by atoms with Crippen molar-refractivity contribution in [1.29, 1.82) is 0 Å². The maximum Gasteiger partial charge on any atom is 0 e. The zero-order valence-corrected chi connectivity index (χ0v) is 10.2. The fraction of sp³-hybridized carbons (Fsp3) is 0.700. The maximum atomic E-state index is 3.34. The molecule has 2 aliphatic carbocycles. The van der Waals surface area contributed by atoms with E-state index in [9.17, 15) is 0 Å². The molecule has 61 valence electrons. The van der Waals surface area contributed by atoms with E-state index in [1.165, 1.54) is 32.1 Å². The average molecular weight is 225 g/mol. The summed E-state index contributed by atoms with van der Waals surface area (Å²) in [5.74, 6) is 1.93. The van der Waals surface area contributed by atoms with E-state index in [0.717, 1.165) is 11.8 Å². The number of allylic oxidation sites excluding steroid dienone is 2. The Bertz CT molecular complexity index is 129. The minimum Gasteiger partial charge on any atom is -0.500 e. The molecule has 0 bridgehead atoms. The molecule has 11 heavy (non-hydrogen) atoms. The van der Waals surface area contributed by atoms with Gasteiger partial charge in [-0.05, 0) is 6.42 Å². The fourth-order valence-electron chi connectivity index (χ4n) is 2.08. The van der Waals surface area contributed by atoms with Gasteiger partial charge in [0.05, 0.1) is 0 Å². The standard InChI is InChI=1S/C9H13.CH3.Y/c1-2-5-9-7-3-6-8(9)4-1;;/h6,8-9H,1-2,4-5,7H2;1H3;/q2*-1;. The molecule has 1 heteroatoms. The van der Waals surface area contributed by atoms with Crippen LogP contribution in [-0.4, -0.2) is 0 Å². The first-order valence-electron chi connectivity index (χ1n) is 4.03. The molecule has 0 aromatic carbocycles. The number of fused-ring (bicyclic) bond motifs is 1. The third kappa shape index (κ3) is 2.66. The Labute approximate surface area is 95.7 Å². The Morgan fingerprint density at radius 2 is 1.91 bits per heavy atom. The molecular formula is C10H16Y-2. The van der Waals surface area contributed by atoms with E-state index in [-0.39, 0.29) is 40.1 Å². The van der Waals surface area contributed by atoms with Gasteiger partial charge in [-0.3, -0.25) is 6.08 Å². The van der Waals surface area contributed by atoms with Crippen molar-refractivity contribution in [2.75, 3.05) is 0 Å². The van der Waals surface area contributed by atoms with Gasteiger partial charge in [0.25, 0.3) is 0 Å². The Hall–Kier alpha value is 0.844. The van der Waals surface area contributed by atoms with Crippen LogP contribution in [0.5, 0.6) is 0 Å².